The maximum Gasteiger partial charge on any atom is 0.237 e. The molecule has 4 heteroatoms. The number of piperidine rings is 1. The van der Waals surface area contributed by atoms with Crippen LogP contribution < -0.4 is 16.4 Å². The zero-order valence-corrected chi connectivity index (χ0v) is 10.6. The van der Waals surface area contributed by atoms with Crippen LogP contribution in [0.5, 0.6) is 0 Å². The van der Waals surface area contributed by atoms with Crippen molar-refractivity contribution in [2.24, 2.45) is 0 Å². The fourth-order valence-corrected chi connectivity index (χ4v) is 2.21. The minimum absolute atomic E-state index is 0.00479. The summed E-state index contributed by atoms with van der Waals surface area (Å²) >= 11 is 0. The third-order valence-electron chi connectivity index (χ3n) is 3.32. The molecule has 1 unspecified atom stereocenters. The van der Waals surface area contributed by atoms with Gasteiger partial charge in [0.2, 0.25) is 5.91 Å². The highest BCUT2D eigenvalue weighted by Crippen LogP contribution is 2.07. The standard InChI is InChI=1S/C14H21N3O/c15-12-6-4-11(5-7-12)8-10-17-14(18)13-3-1-2-9-16-13/h4-7,13,16H,1-3,8-10,15H2,(H,17,18). The van der Waals surface area contributed by atoms with Gasteiger partial charge in [-0.15, -0.1) is 0 Å². The Bertz CT molecular complexity index is 383. The average Bonchev–Trinajstić information content (AvgIpc) is 2.42. The highest BCUT2D eigenvalue weighted by molar-refractivity contribution is 5.81. The molecule has 1 aliphatic heterocycles. The molecule has 1 atom stereocenters. The molecule has 1 amide bonds. The van der Waals surface area contributed by atoms with Gasteiger partial charge in [-0.25, -0.2) is 0 Å². The van der Waals surface area contributed by atoms with Crippen LogP contribution >= 0.6 is 0 Å². The van der Waals surface area contributed by atoms with Gasteiger partial charge in [0.1, 0.15) is 0 Å². The van der Waals surface area contributed by atoms with Gasteiger partial charge in [-0.3, -0.25) is 4.79 Å². The van der Waals surface area contributed by atoms with E-state index < -0.39 is 0 Å². The van der Waals surface area contributed by atoms with Crippen molar-refractivity contribution >= 4 is 11.6 Å². The van der Waals surface area contributed by atoms with Crippen molar-refractivity contribution in [3.05, 3.63) is 29.8 Å². The molecule has 1 aromatic carbocycles. The molecule has 1 aliphatic rings. The number of carbonyl (C=O) groups is 1. The predicted molar refractivity (Wildman–Crippen MR) is 73.2 cm³/mol. The first-order chi connectivity index (χ1) is 8.75. The number of rotatable bonds is 4. The molecular weight excluding hydrogens is 226 g/mol. The Balaban J connectivity index is 1.71. The number of nitrogens with one attached hydrogen (secondary N) is 2. The Morgan fingerprint density at radius 3 is 2.78 bits per heavy atom. The van der Waals surface area contributed by atoms with E-state index in [2.05, 4.69) is 10.6 Å². The Morgan fingerprint density at radius 1 is 1.33 bits per heavy atom. The summed E-state index contributed by atoms with van der Waals surface area (Å²) < 4.78 is 0. The Morgan fingerprint density at radius 2 is 2.11 bits per heavy atom. The van der Waals surface area contributed by atoms with Crippen LogP contribution in [0.2, 0.25) is 0 Å². The van der Waals surface area contributed by atoms with E-state index in [1.54, 1.807) is 0 Å². The van der Waals surface area contributed by atoms with Gasteiger partial charge in [-0.05, 0) is 43.5 Å². The SMILES string of the molecule is Nc1ccc(CCNC(=O)C2CCCCN2)cc1. The summed E-state index contributed by atoms with van der Waals surface area (Å²) in [6, 6.07) is 7.78. The minimum atomic E-state index is 0.00479. The lowest BCUT2D eigenvalue weighted by Gasteiger charge is -2.22. The molecule has 1 fully saturated rings. The van der Waals surface area contributed by atoms with Crippen molar-refractivity contribution in [3.63, 3.8) is 0 Å². The van der Waals surface area contributed by atoms with Crippen LogP contribution in [0, 0.1) is 0 Å². The maximum absolute atomic E-state index is 11.8. The van der Waals surface area contributed by atoms with Gasteiger partial charge in [0.25, 0.3) is 0 Å². The molecule has 4 N–H and O–H groups in total. The fraction of sp³-hybridized carbons (Fsp3) is 0.500. The third-order valence-corrected chi connectivity index (χ3v) is 3.32. The molecule has 4 nitrogen and oxygen atoms in total. The molecule has 0 spiro atoms. The van der Waals surface area contributed by atoms with Crippen molar-refractivity contribution in [1.82, 2.24) is 10.6 Å². The molecule has 0 saturated carbocycles. The maximum atomic E-state index is 11.8. The van der Waals surface area contributed by atoms with Crippen molar-refractivity contribution in [2.75, 3.05) is 18.8 Å². The molecular formula is C14H21N3O. The average molecular weight is 247 g/mol. The normalized spacial score (nSPS) is 19.4. The van der Waals surface area contributed by atoms with Gasteiger partial charge >= 0.3 is 0 Å². The van der Waals surface area contributed by atoms with E-state index in [9.17, 15) is 4.79 Å². The van der Waals surface area contributed by atoms with Gasteiger partial charge in [0.15, 0.2) is 0 Å². The second-order valence-corrected chi connectivity index (χ2v) is 4.79. The molecule has 0 radical (unpaired) electrons. The molecule has 98 valence electrons. The van der Waals surface area contributed by atoms with E-state index >= 15 is 0 Å². The monoisotopic (exact) mass is 247 g/mol. The minimum Gasteiger partial charge on any atom is -0.399 e. The van der Waals surface area contributed by atoms with Gasteiger partial charge in [-0.2, -0.15) is 0 Å². The molecule has 0 aliphatic carbocycles. The number of hydrogen-bond acceptors (Lipinski definition) is 3. The highest BCUT2D eigenvalue weighted by atomic mass is 16.2. The van der Waals surface area contributed by atoms with Crippen molar-refractivity contribution < 1.29 is 4.79 Å². The number of hydrogen-bond donors (Lipinski definition) is 3. The van der Waals surface area contributed by atoms with E-state index in [1.807, 2.05) is 24.3 Å². The zero-order chi connectivity index (χ0) is 12.8. The second kappa shape index (κ2) is 6.40. The van der Waals surface area contributed by atoms with Crippen LogP contribution in [0.4, 0.5) is 5.69 Å². The van der Waals surface area contributed by atoms with Crippen LogP contribution in [0.25, 0.3) is 0 Å². The topological polar surface area (TPSA) is 67.1 Å². The summed E-state index contributed by atoms with van der Waals surface area (Å²) in [5, 5.41) is 6.23. The van der Waals surface area contributed by atoms with E-state index in [-0.39, 0.29) is 11.9 Å². The van der Waals surface area contributed by atoms with Crippen LogP contribution in [0.1, 0.15) is 24.8 Å². The number of amides is 1. The Labute approximate surface area is 108 Å². The fourth-order valence-electron chi connectivity index (χ4n) is 2.21. The smallest absolute Gasteiger partial charge is 0.237 e. The summed E-state index contributed by atoms with van der Waals surface area (Å²) in [4.78, 5) is 11.8. The molecule has 18 heavy (non-hydrogen) atoms. The van der Waals surface area contributed by atoms with Crippen molar-refractivity contribution in [2.45, 2.75) is 31.7 Å². The van der Waals surface area contributed by atoms with E-state index in [1.165, 1.54) is 12.0 Å². The number of anilines is 1. The first kappa shape index (κ1) is 12.9. The lowest BCUT2D eigenvalue weighted by atomic mass is 10.0. The quantitative estimate of drug-likeness (QED) is 0.697. The number of benzene rings is 1. The largest absolute Gasteiger partial charge is 0.399 e. The van der Waals surface area contributed by atoms with Crippen LogP contribution in [0.3, 0.4) is 0 Å². The molecule has 1 aromatic rings. The van der Waals surface area contributed by atoms with Gasteiger partial charge < -0.3 is 16.4 Å². The summed E-state index contributed by atoms with van der Waals surface area (Å²) in [5.41, 5.74) is 7.59. The van der Waals surface area contributed by atoms with E-state index in [0.29, 0.717) is 6.54 Å². The molecule has 1 heterocycles. The number of nitrogen functional groups attached to an aromatic ring is 1. The third kappa shape index (κ3) is 3.74. The Kier molecular flexibility index (Phi) is 4.59. The predicted octanol–water partition coefficient (Wildman–Crippen LogP) is 1.07. The van der Waals surface area contributed by atoms with Gasteiger partial charge in [-0.1, -0.05) is 18.6 Å². The molecule has 1 saturated heterocycles. The lowest BCUT2D eigenvalue weighted by Crippen LogP contribution is -2.47. The van der Waals surface area contributed by atoms with Crippen molar-refractivity contribution in [3.8, 4) is 0 Å². The molecule has 2 rings (SSSR count). The Hall–Kier alpha value is -1.55. The van der Waals surface area contributed by atoms with Gasteiger partial charge in [0, 0.05) is 12.2 Å². The first-order valence-corrected chi connectivity index (χ1v) is 6.61. The van der Waals surface area contributed by atoms with Crippen molar-refractivity contribution in [1.29, 1.82) is 0 Å². The van der Waals surface area contributed by atoms with E-state index in [4.69, 9.17) is 5.73 Å². The van der Waals surface area contributed by atoms with Crippen LogP contribution in [-0.2, 0) is 11.2 Å². The number of carbonyl (C=O) groups excluding carboxylic acids is 1. The first-order valence-electron chi connectivity index (χ1n) is 6.61. The lowest BCUT2D eigenvalue weighted by molar-refractivity contribution is -0.123. The summed E-state index contributed by atoms with van der Waals surface area (Å²) in [7, 11) is 0. The van der Waals surface area contributed by atoms with Crippen LogP contribution in [0.15, 0.2) is 24.3 Å². The highest BCUT2D eigenvalue weighted by Gasteiger charge is 2.19. The molecule has 0 aromatic heterocycles. The van der Waals surface area contributed by atoms with E-state index in [0.717, 1.165) is 31.5 Å². The molecule has 0 bridgehead atoms. The summed E-state index contributed by atoms with van der Waals surface area (Å²) in [5.74, 6) is 0.130. The van der Waals surface area contributed by atoms with Crippen LogP contribution in [-0.4, -0.2) is 25.0 Å². The summed E-state index contributed by atoms with van der Waals surface area (Å²) in [6.07, 6.45) is 4.12. The zero-order valence-electron chi connectivity index (χ0n) is 10.6. The second-order valence-electron chi connectivity index (χ2n) is 4.79. The summed E-state index contributed by atoms with van der Waals surface area (Å²) in [6.45, 7) is 1.64. The van der Waals surface area contributed by atoms with Gasteiger partial charge in [0.05, 0.1) is 6.04 Å². The number of nitrogens with two attached hydrogens (primary N) is 1.